The number of rotatable bonds is 2. The zero-order valence-electron chi connectivity index (χ0n) is 25.4. The second kappa shape index (κ2) is 9.46. The first-order valence-corrected chi connectivity index (χ1v) is 16.5. The van der Waals surface area contributed by atoms with Crippen LogP contribution in [0.25, 0.3) is 91.6 Å². The molecule has 10 rings (SSSR count). The number of benzene rings is 7. The molecular formula is C42H27N3S. The van der Waals surface area contributed by atoms with Crippen LogP contribution in [0.5, 0.6) is 0 Å². The summed E-state index contributed by atoms with van der Waals surface area (Å²) in [5.74, 6) is 0.689. The van der Waals surface area contributed by atoms with Gasteiger partial charge in [0.1, 0.15) is 0 Å². The lowest BCUT2D eigenvalue weighted by molar-refractivity contribution is 1.01. The number of thiophene rings is 1. The van der Waals surface area contributed by atoms with Crippen LogP contribution in [0.4, 0.5) is 0 Å². The molecule has 216 valence electrons. The van der Waals surface area contributed by atoms with Crippen LogP contribution >= 0.6 is 11.3 Å². The van der Waals surface area contributed by atoms with E-state index in [4.69, 9.17) is 9.97 Å². The molecule has 0 aliphatic heterocycles. The molecule has 3 aromatic heterocycles. The maximum Gasteiger partial charge on any atom is 0.235 e. The third-order valence-corrected chi connectivity index (χ3v) is 10.8. The Morgan fingerprint density at radius 1 is 0.478 bits per heavy atom. The number of fused-ring (bicyclic) bond motifs is 12. The van der Waals surface area contributed by atoms with E-state index in [1.807, 2.05) is 11.3 Å². The van der Waals surface area contributed by atoms with E-state index in [9.17, 15) is 0 Å². The molecule has 4 heteroatoms. The molecule has 0 saturated carbocycles. The highest BCUT2D eigenvalue weighted by Gasteiger charge is 2.21. The summed E-state index contributed by atoms with van der Waals surface area (Å²) in [5.41, 5.74) is 7.74. The predicted octanol–water partition coefficient (Wildman–Crippen LogP) is 11.7. The Hall–Kier alpha value is -5.58. The van der Waals surface area contributed by atoms with Crippen molar-refractivity contribution in [2.45, 2.75) is 13.8 Å². The monoisotopic (exact) mass is 605 g/mol. The SMILES string of the molecule is Cc1cccc(C)c1-c1nc(-n2c3ccccc3c3ccc4c5ccc6sc7ccccc7c6c5ccc4c32)nc2ccccc12. The lowest BCUT2D eigenvalue weighted by atomic mass is 9.96. The van der Waals surface area contributed by atoms with Crippen molar-refractivity contribution in [2.24, 2.45) is 0 Å². The first-order chi connectivity index (χ1) is 22.7. The van der Waals surface area contributed by atoms with Crippen molar-refractivity contribution >= 4 is 85.8 Å². The van der Waals surface area contributed by atoms with Crippen molar-refractivity contribution in [3.8, 4) is 17.2 Å². The van der Waals surface area contributed by atoms with Crippen LogP contribution < -0.4 is 0 Å². The third-order valence-electron chi connectivity index (χ3n) is 9.68. The van der Waals surface area contributed by atoms with Gasteiger partial charge in [-0.15, -0.1) is 11.3 Å². The average Bonchev–Trinajstić information content (AvgIpc) is 3.64. The number of para-hydroxylation sites is 2. The molecule has 0 unspecified atom stereocenters. The van der Waals surface area contributed by atoms with Crippen LogP contribution in [-0.4, -0.2) is 14.5 Å². The number of hydrogen-bond donors (Lipinski definition) is 0. The van der Waals surface area contributed by atoms with Crippen LogP contribution in [0.1, 0.15) is 11.1 Å². The van der Waals surface area contributed by atoms with Crippen LogP contribution in [-0.2, 0) is 0 Å². The summed E-state index contributed by atoms with van der Waals surface area (Å²) in [4.78, 5) is 10.7. The number of aromatic nitrogens is 3. The summed E-state index contributed by atoms with van der Waals surface area (Å²) in [6.07, 6.45) is 0. The molecule has 0 amide bonds. The predicted molar refractivity (Wildman–Crippen MR) is 197 cm³/mol. The van der Waals surface area contributed by atoms with Crippen molar-refractivity contribution in [1.82, 2.24) is 14.5 Å². The van der Waals surface area contributed by atoms with E-state index in [0.29, 0.717) is 5.95 Å². The van der Waals surface area contributed by atoms with Crippen LogP contribution in [0.3, 0.4) is 0 Å². The minimum atomic E-state index is 0.689. The molecule has 10 aromatic rings. The highest BCUT2D eigenvalue weighted by Crippen LogP contribution is 2.43. The molecule has 0 aliphatic carbocycles. The van der Waals surface area contributed by atoms with E-state index in [2.05, 4.69) is 146 Å². The summed E-state index contributed by atoms with van der Waals surface area (Å²) in [7, 11) is 0. The zero-order valence-corrected chi connectivity index (χ0v) is 26.2. The van der Waals surface area contributed by atoms with E-state index in [1.54, 1.807) is 0 Å². The Morgan fingerprint density at radius 2 is 1.11 bits per heavy atom. The van der Waals surface area contributed by atoms with Gasteiger partial charge in [0, 0.05) is 47.3 Å². The first kappa shape index (κ1) is 25.7. The Labute approximate surface area is 269 Å². The Kier molecular flexibility index (Phi) is 5.29. The van der Waals surface area contributed by atoms with Crippen LogP contribution in [0.15, 0.2) is 127 Å². The van der Waals surface area contributed by atoms with E-state index in [-0.39, 0.29) is 0 Å². The first-order valence-electron chi connectivity index (χ1n) is 15.7. The van der Waals surface area contributed by atoms with Crippen molar-refractivity contribution in [3.63, 3.8) is 0 Å². The normalized spacial score (nSPS) is 12.1. The van der Waals surface area contributed by atoms with Crippen molar-refractivity contribution in [1.29, 1.82) is 0 Å². The molecule has 3 nitrogen and oxygen atoms in total. The Balaban J connectivity index is 1.35. The molecule has 0 fully saturated rings. The van der Waals surface area contributed by atoms with Gasteiger partial charge in [-0.05, 0) is 65.4 Å². The quantitative estimate of drug-likeness (QED) is 0.184. The van der Waals surface area contributed by atoms with Gasteiger partial charge in [-0.1, -0.05) is 103 Å². The highest BCUT2D eigenvalue weighted by atomic mass is 32.1. The lowest BCUT2D eigenvalue weighted by Crippen LogP contribution is -2.04. The van der Waals surface area contributed by atoms with Gasteiger partial charge in [-0.2, -0.15) is 0 Å². The summed E-state index contributed by atoms with van der Waals surface area (Å²) in [6, 6.07) is 46.1. The molecule has 0 saturated heterocycles. The fourth-order valence-corrected chi connectivity index (χ4v) is 8.78. The molecule has 0 bridgehead atoms. The highest BCUT2D eigenvalue weighted by molar-refractivity contribution is 7.26. The third kappa shape index (κ3) is 3.48. The number of nitrogens with zero attached hydrogens (tertiary/aromatic N) is 3. The van der Waals surface area contributed by atoms with Gasteiger partial charge in [0.2, 0.25) is 5.95 Å². The van der Waals surface area contributed by atoms with Crippen molar-refractivity contribution < 1.29 is 0 Å². The molecule has 7 aromatic carbocycles. The van der Waals surface area contributed by atoms with Gasteiger partial charge in [-0.3, -0.25) is 4.57 Å². The van der Waals surface area contributed by atoms with Gasteiger partial charge in [0.05, 0.1) is 22.2 Å². The zero-order chi connectivity index (χ0) is 30.5. The van der Waals surface area contributed by atoms with Gasteiger partial charge in [0.15, 0.2) is 0 Å². The summed E-state index contributed by atoms with van der Waals surface area (Å²) >= 11 is 1.87. The minimum Gasteiger partial charge on any atom is -0.277 e. The average molecular weight is 606 g/mol. The Bertz CT molecular complexity index is 2870. The fourth-order valence-electron chi connectivity index (χ4n) is 7.65. The summed E-state index contributed by atoms with van der Waals surface area (Å²) in [6.45, 7) is 4.34. The van der Waals surface area contributed by atoms with Gasteiger partial charge in [-0.25, -0.2) is 9.97 Å². The number of aryl methyl sites for hydroxylation is 2. The van der Waals surface area contributed by atoms with Crippen LogP contribution in [0, 0.1) is 13.8 Å². The topological polar surface area (TPSA) is 30.7 Å². The second-order valence-corrected chi connectivity index (χ2v) is 13.3. The Morgan fingerprint density at radius 3 is 1.96 bits per heavy atom. The molecule has 3 heterocycles. The standard InChI is InChI=1S/C42H27N3S/c1-24-10-9-11-25(2)38(24)40-32-13-3-6-15-34(32)43-42(44-40)45-35-16-7-4-12-28(35)31-20-18-27-26-22-23-37-39(29(26)19-21-30(27)41(31)45)33-14-5-8-17-36(33)46-37/h3-23H,1-2H3. The molecular weight excluding hydrogens is 579 g/mol. The molecule has 0 spiro atoms. The number of hydrogen-bond acceptors (Lipinski definition) is 3. The van der Waals surface area contributed by atoms with E-state index in [1.165, 1.54) is 69.2 Å². The van der Waals surface area contributed by atoms with Crippen LogP contribution in [0.2, 0.25) is 0 Å². The molecule has 0 atom stereocenters. The van der Waals surface area contributed by atoms with Crippen molar-refractivity contribution in [2.75, 3.05) is 0 Å². The fraction of sp³-hybridized carbons (Fsp3) is 0.0476. The smallest absolute Gasteiger partial charge is 0.235 e. The van der Waals surface area contributed by atoms with Gasteiger partial charge in [0.25, 0.3) is 0 Å². The largest absolute Gasteiger partial charge is 0.277 e. The van der Waals surface area contributed by atoms with Gasteiger partial charge >= 0.3 is 0 Å². The second-order valence-electron chi connectivity index (χ2n) is 12.3. The molecule has 0 radical (unpaired) electrons. The van der Waals surface area contributed by atoms with Crippen molar-refractivity contribution in [3.05, 3.63) is 139 Å². The summed E-state index contributed by atoms with van der Waals surface area (Å²) < 4.78 is 4.95. The maximum atomic E-state index is 5.43. The van der Waals surface area contributed by atoms with E-state index < -0.39 is 0 Å². The maximum absolute atomic E-state index is 5.43. The van der Waals surface area contributed by atoms with E-state index in [0.717, 1.165) is 27.6 Å². The van der Waals surface area contributed by atoms with E-state index >= 15 is 0 Å². The summed E-state index contributed by atoms with van der Waals surface area (Å²) in [5, 5.41) is 11.1. The molecule has 0 aliphatic rings. The molecule has 46 heavy (non-hydrogen) atoms. The lowest BCUT2D eigenvalue weighted by Gasteiger charge is -2.15. The van der Waals surface area contributed by atoms with Gasteiger partial charge < -0.3 is 0 Å². The minimum absolute atomic E-state index is 0.689. The molecule has 0 N–H and O–H groups in total.